The summed E-state index contributed by atoms with van der Waals surface area (Å²) in [7, 11) is 3.17. The largest absolute Gasteiger partial charge is 0.495 e. The molecular formula is C22H23FN2O5S. The fourth-order valence-corrected chi connectivity index (χ4v) is 4.52. The summed E-state index contributed by atoms with van der Waals surface area (Å²) >= 11 is 1.35. The summed E-state index contributed by atoms with van der Waals surface area (Å²) in [5.74, 6) is 1.05. The Bertz CT molecular complexity index is 1010. The summed E-state index contributed by atoms with van der Waals surface area (Å²) in [6.45, 7) is 0.846. The predicted molar refractivity (Wildman–Crippen MR) is 116 cm³/mol. The van der Waals surface area contributed by atoms with Crippen LogP contribution in [0.1, 0.15) is 12.8 Å². The van der Waals surface area contributed by atoms with Crippen LogP contribution in [0.3, 0.4) is 0 Å². The second kappa shape index (κ2) is 9.49. The first-order chi connectivity index (χ1) is 15.1. The van der Waals surface area contributed by atoms with E-state index in [-0.39, 0.29) is 24.4 Å². The Morgan fingerprint density at radius 1 is 1.19 bits per heavy atom. The molecule has 1 atom stereocenters. The maximum Gasteiger partial charge on any atom is 0.266 e. The van der Waals surface area contributed by atoms with Crippen LogP contribution in [0, 0.1) is 5.82 Å². The number of aromatic nitrogens is 1. The number of thiazole rings is 1. The molecule has 1 aliphatic rings. The van der Waals surface area contributed by atoms with E-state index in [1.165, 1.54) is 35.6 Å². The molecule has 7 nitrogen and oxygen atoms in total. The van der Waals surface area contributed by atoms with Gasteiger partial charge in [0, 0.05) is 6.61 Å². The minimum Gasteiger partial charge on any atom is -0.495 e. The summed E-state index contributed by atoms with van der Waals surface area (Å²) < 4.78 is 36.1. The van der Waals surface area contributed by atoms with Crippen molar-refractivity contribution in [2.24, 2.45) is 0 Å². The molecule has 31 heavy (non-hydrogen) atoms. The van der Waals surface area contributed by atoms with Crippen molar-refractivity contribution in [2.75, 3.05) is 38.9 Å². The highest BCUT2D eigenvalue weighted by Crippen LogP contribution is 2.40. The normalized spacial score (nSPS) is 15.8. The Hall–Kier alpha value is -2.91. The monoisotopic (exact) mass is 446 g/mol. The van der Waals surface area contributed by atoms with Crippen LogP contribution in [0.2, 0.25) is 0 Å². The number of carbonyl (C=O) groups is 1. The maximum atomic E-state index is 13.1. The van der Waals surface area contributed by atoms with Gasteiger partial charge < -0.3 is 18.9 Å². The van der Waals surface area contributed by atoms with Gasteiger partial charge in [-0.2, -0.15) is 0 Å². The van der Waals surface area contributed by atoms with Crippen LogP contribution < -0.4 is 19.1 Å². The number of fused-ring (bicyclic) bond motifs is 1. The quantitative estimate of drug-likeness (QED) is 0.520. The molecule has 9 heteroatoms. The fourth-order valence-electron chi connectivity index (χ4n) is 3.42. The van der Waals surface area contributed by atoms with Gasteiger partial charge in [-0.05, 0) is 49.2 Å². The molecule has 0 aliphatic carbocycles. The van der Waals surface area contributed by atoms with Gasteiger partial charge in [0.15, 0.2) is 11.7 Å². The molecule has 1 amide bonds. The molecule has 2 heterocycles. The molecule has 2 aromatic carbocycles. The topological polar surface area (TPSA) is 70.1 Å². The molecule has 4 rings (SSSR count). The van der Waals surface area contributed by atoms with E-state index >= 15 is 0 Å². The zero-order chi connectivity index (χ0) is 21.8. The number of benzene rings is 2. The van der Waals surface area contributed by atoms with E-state index in [0.29, 0.717) is 41.0 Å². The van der Waals surface area contributed by atoms with E-state index in [9.17, 15) is 9.18 Å². The van der Waals surface area contributed by atoms with Crippen LogP contribution in [0.4, 0.5) is 9.52 Å². The first-order valence-corrected chi connectivity index (χ1v) is 10.7. The van der Waals surface area contributed by atoms with Crippen molar-refractivity contribution < 1.29 is 28.1 Å². The van der Waals surface area contributed by atoms with Crippen molar-refractivity contribution in [1.29, 1.82) is 0 Å². The van der Waals surface area contributed by atoms with Crippen LogP contribution >= 0.6 is 11.3 Å². The van der Waals surface area contributed by atoms with Crippen LogP contribution in [0.15, 0.2) is 36.4 Å². The Labute approximate surface area is 183 Å². The van der Waals surface area contributed by atoms with Gasteiger partial charge in [0.2, 0.25) is 0 Å². The van der Waals surface area contributed by atoms with Crippen LogP contribution in [-0.2, 0) is 9.53 Å². The van der Waals surface area contributed by atoms with Gasteiger partial charge in [0.05, 0.1) is 26.9 Å². The zero-order valence-electron chi connectivity index (χ0n) is 17.3. The lowest BCUT2D eigenvalue weighted by molar-refractivity contribution is -0.120. The van der Waals surface area contributed by atoms with Crippen molar-refractivity contribution >= 4 is 32.6 Å². The van der Waals surface area contributed by atoms with Crippen molar-refractivity contribution in [3.8, 4) is 17.2 Å². The van der Waals surface area contributed by atoms with E-state index in [4.69, 9.17) is 18.9 Å². The highest BCUT2D eigenvalue weighted by molar-refractivity contribution is 7.22. The lowest BCUT2D eigenvalue weighted by Gasteiger charge is -2.23. The van der Waals surface area contributed by atoms with Gasteiger partial charge >= 0.3 is 0 Å². The zero-order valence-corrected chi connectivity index (χ0v) is 18.1. The van der Waals surface area contributed by atoms with Crippen molar-refractivity contribution in [2.45, 2.75) is 18.9 Å². The first-order valence-electron chi connectivity index (χ1n) is 9.91. The number of anilines is 1. The van der Waals surface area contributed by atoms with Gasteiger partial charge in [0.1, 0.15) is 33.3 Å². The molecule has 0 saturated carbocycles. The average Bonchev–Trinajstić information content (AvgIpc) is 3.46. The number of rotatable bonds is 8. The molecule has 164 valence electrons. The second-order valence-electron chi connectivity index (χ2n) is 7.03. The Balaban J connectivity index is 1.62. The molecule has 1 aliphatic heterocycles. The molecule has 3 aromatic rings. The highest BCUT2D eigenvalue weighted by Gasteiger charge is 2.27. The molecule has 1 unspecified atom stereocenters. The van der Waals surface area contributed by atoms with E-state index in [0.717, 1.165) is 17.5 Å². The third kappa shape index (κ3) is 4.72. The summed E-state index contributed by atoms with van der Waals surface area (Å²) in [6.07, 6.45) is 1.77. The number of hydrogen-bond acceptors (Lipinski definition) is 7. The van der Waals surface area contributed by atoms with Crippen molar-refractivity contribution in [3.05, 3.63) is 42.2 Å². The summed E-state index contributed by atoms with van der Waals surface area (Å²) in [6, 6.07) is 9.15. The van der Waals surface area contributed by atoms with Gasteiger partial charge in [0.25, 0.3) is 5.91 Å². The number of methoxy groups -OCH3 is 2. The number of ether oxygens (including phenoxy) is 4. The highest BCUT2D eigenvalue weighted by atomic mass is 32.1. The van der Waals surface area contributed by atoms with Crippen LogP contribution in [0.5, 0.6) is 17.2 Å². The Morgan fingerprint density at radius 2 is 1.94 bits per heavy atom. The molecular weight excluding hydrogens is 423 g/mol. The van der Waals surface area contributed by atoms with E-state index in [2.05, 4.69) is 4.98 Å². The molecule has 1 aromatic heterocycles. The first kappa shape index (κ1) is 21.3. The van der Waals surface area contributed by atoms with Crippen molar-refractivity contribution in [3.63, 3.8) is 0 Å². The Morgan fingerprint density at radius 3 is 2.61 bits per heavy atom. The third-order valence-electron chi connectivity index (χ3n) is 5.02. The van der Waals surface area contributed by atoms with Gasteiger partial charge in [-0.1, -0.05) is 11.3 Å². The third-order valence-corrected chi connectivity index (χ3v) is 6.11. The number of carbonyl (C=O) groups excluding carboxylic acids is 1. The smallest absolute Gasteiger partial charge is 0.266 e. The minimum atomic E-state index is -0.365. The summed E-state index contributed by atoms with van der Waals surface area (Å²) in [4.78, 5) is 19.4. The number of hydrogen-bond donors (Lipinski definition) is 0. The van der Waals surface area contributed by atoms with Crippen LogP contribution in [-0.4, -0.2) is 51.0 Å². The molecule has 0 radical (unpaired) electrons. The Kier molecular flexibility index (Phi) is 6.53. The van der Waals surface area contributed by atoms with Gasteiger partial charge in [-0.25, -0.2) is 9.37 Å². The van der Waals surface area contributed by atoms with Crippen molar-refractivity contribution in [1.82, 2.24) is 4.98 Å². The fraction of sp³-hybridized carbons (Fsp3) is 0.364. The SMILES string of the molecule is COc1ccc(OC)c2sc(N(CC3CCCO3)C(=O)COc3ccc(F)cc3)nc12. The van der Waals surface area contributed by atoms with Gasteiger partial charge in [-0.3, -0.25) is 9.69 Å². The number of nitrogens with zero attached hydrogens (tertiary/aromatic N) is 2. The predicted octanol–water partition coefficient (Wildman–Crippen LogP) is 4.04. The lowest BCUT2D eigenvalue weighted by Crippen LogP contribution is -2.40. The second-order valence-corrected chi connectivity index (χ2v) is 8.00. The molecule has 1 fully saturated rings. The van der Waals surface area contributed by atoms with E-state index in [1.54, 1.807) is 25.2 Å². The molecule has 0 bridgehead atoms. The minimum absolute atomic E-state index is 0.0643. The van der Waals surface area contributed by atoms with Gasteiger partial charge in [-0.15, -0.1) is 0 Å². The van der Waals surface area contributed by atoms with E-state index < -0.39 is 0 Å². The lowest BCUT2D eigenvalue weighted by atomic mass is 10.2. The van der Waals surface area contributed by atoms with E-state index in [1.807, 2.05) is 6.07 Å². The molecule has 0 spiro atoms. The van der Waals surface area contributed by atoms with Crippen LogP contribution in [0.25, 0.3) is 10.2 Å². The molecule has 1 saturated heterocycles. The standard InChI is InChI=1S/C22H23FN2O5S/c1-27-17-9-10-18(28-2)21-20(17)24-22(31-21)25(12-16-4-3-11-29-16)19(26)13-30-15-7-5-14(23)6-8-15/h5-10,16H,3-4,11-13H2,1-2H3. The maximum absolute atomic E-state index is 13.1. The average molecular weight is 447 g/mol. The number of halogens is 1. The summed E-state index contributed by atoms with van der Waals surface area (Å²) in [5.41, 5.74) is 0.631. The number of amides is 1. The summed E-state index contributed by atoms with van der Waals surface area (Å²) in [5, 5.41) is 0.515. The molecule has 0 N–H and O–H groups in total.